The van der Waals surface area contributed by atoms with Gasteiger partial charge < -0.3 is 28.4 Å². The quantitative estimate of drug-likeness (QED) is 0.221. The van der Waals surface area contributed by atoms with E-state index in [-0.39, 0.29) is 5.91 Å². The van der Waals surface area contributed by atoms with E-state index in [0.29, 0.717) is 25.3 Å². The van der Waals surface area contributed by atoms with E-state index in [1.165, 1.54) is 11.3 Å². The lowest BCUT2D eigenvalue weighted by molar-refractivity contribution is 0.0745. The van der Waals surface area contributed by atoms with Crippen molar-refractivity contribution in [3.63, 3.8) is 0 Å². The number of benzene rings is 3. The van der Waals surface area contributed by atoms with Gasteiger partial charge in [-0.05, 0) is 41.0 Å². The summed E-state index contributed by atoms with van der Waals surface area (Å²) in [6.07, 6.45) is 6.00. The van der Waals surface area contributed by atoms with E-state index < -0.39 is 0 Å². The molecule has 0 spiro atoms. The lowest BCUT2D eigenvalue weighted by Crippen LogP contribution is -2.36. The molecule has 5 aromatic rings. The molecule has 0 bridgehead atoms. The summed E-state index contributed by atoms with van der Waals surface area (Å²) >= 11 is 0. The van der Waals surface area contributed by atoms with Gasteiger partial charge in [-0.2, -0.15) is 0 Å². The van der Waals surface area contributed by atoms with Crippen molar-refractivity contribution in [2.75, 3.05) is 58.5 Å². The van der Waals surface area contributed by atoms with Crippen LogP contribution in [0.1, 0.15) is 27.3 Å². The zero-order chi connectivity index (χ0) is 29.8. The van der Waals surface area contributed by atoms with Crippen LogP contribution in [-0.2, 0) is 22.6 Å². The SMILES string of the molecule is COCCN(C)C(=O)c1cn(Cc2c(C)ncn2Cc2ccc(N3CCOCC3)cc2)cc1-c1cccc2ccccc12. The van der Waals surface area contributed by atoms with Gasteiger partial charge in [0.05, 0.1) is 49.6 Å². The molecule has 2 aromatic heterocycles. The summed E-state index contributed by atoms with van der Waals surface area (Å²) < 4.78 is 15.1. The number of rotatable bonds is 10. The molecule has 1 saturated heterocycles. The van der Waals surface area contributed by atoms with Crippen molar-refractivity contribution in [3.8, 4) is 11.1 Å². The second kappa shape index (κ2) is 12.9. The molecule has 3 heterocycles. The number of aryl methyl sites for hydroxylation is 1. The van der Waals surface area contributed by atoms with Crippen LogP contribution in [0.15, 0.2) is 85.5 Å². The number of hydrogen-bond acceptors (Lipinski definition) is 5. The standard InChI is InChI=1S/C35H39N5O3/c1-26-34(40(25-36-26)21-27-11-13-29(14-12-27)39-16-19-43-20-17-39)24-38-22-32(33(23-38)35(41)37(2)15-18-42-3)31-10-6-8-28-7-4-5-9-30(28)31/h4-14,22-23,25H,15-21,24H2,1-3H3. The Kier molecular flexibility index (Phi) is 8.58. The van der Waals surface area contributed by atoms with Gasteiger partial charge in [-0.15, -0.1) is 0 Å². The Morgan fingerprint density at radius 2 is 1.72 bits per heavy atom. The average Bonchev–Trinajstić information content (AvgIpc) is 3.63. The first-order valence-electron chi connectivity index (χ1n) is 14.9. The summed E-state index contributed by atoms with van der Waals surface area (Å²) in [6.45, 7) is 7.78. The maximum atomic E-state index is 13.7. The molecule has 3 aromatic carbocycles. The molecule has 6 rings (SSSR count). The molecule has 8 nitrogen and oxygen atoms in total. The first kappa shape index (κ1) is 28.7. The molecule has 0 atom stereocenters. The Balaban J connectivity index is 1.30. The number of carbonyl (C=O) groups excluding carboxylic acids is 1. The Hall–Kier alpha value is -4.40. The molecule has 8 heteroatoms. The zero-order valence-electron chi connectivity index (χ0n) is 25.2. The summed E-state index contributed by atoms with van der Waals surface area (Å²) in [5, 5.41) is 2.27. The number of aromatic nitrogens is 3. The molecule has 1 fully saturated rings. The van der Waals surface area contributed by atoms with E-state index in [1.54, 1.807) is 12.0 Å². The number of likely N-dealkylation sites (N-methyl/N-ethyl adjacent to an activating group) is 1. The topological polar surface area (TPSA) is 64.8 Å². The van der Waals surface area contributed by atoms with Crippen molar-refractivity contribution >= 4 is 22.4 Å². The van der Waals surface area contributed by atoms with E-state index in [9.17, 15) is 4.79 Å². The maximum Gasteiger partial charge on any atom is 0.255 e. The van der Waals surface area contributed by atoms with Crippen molar-refractivity contribution in [2.45, 2.75) is 20.0 Å². The van der Waals surface area contributed by atoms with Crippen molar-refractivity contribution < 1.29 is 14.3 Å². The minimum absolute atomic E-state index is 0.0238. The fourth-order valence-corrected chi connectivity index (χ4v) is 5.83. The molecule has 0 aliphatic carbocycles. The summed E-state index contributed by atoms with van der Waals surface area (Å²) in [5.74, 6) is -0.0238. The summed E-state index contributed by atoms with van der Waals surface area (Å²) in [4.78, 5) is 22.5. The van der Waals surface area contributed by atoms with Crippen molar-refractivity contribution in [3.05, 3.63) is 108 Å². The molecule has 0 radical (unpaired) electrons. The van der Waals surface area contributed by atoms with Crippen molar-refractivity contribution in [1.29, 1.82) is 0 Å². The summed E-state index contributed by atoms with van der Waals surface area (Å²) in [7, 11) is 3.48. The predicted octanol–water partition coefficient (Wildman–Crippen LogP) is 5.46. The normalized spacial score (nSPS) is 13.5. The van der Waals surface area contributed by atoms with Crippen LogP contribution in [0.4, 0.5) is 5.69 Å². The minimum atomic E-state index is -0.0238. The summed E-state index contributed by atoms with van der Waals surface area (Å²) in [6, 6.07) is 23.4. The molecule has 1 aliphatic rings. The monoisotopic (exact) mass is 577 g/mol. The Morgan fingerprint density at radius 3 is 2.51 bits per heavy atom. The average molecular weight is 578 g/mol. The third kappa shape index (κ3) is 6.21. The number of methoxy groups -OCH3 is 1. The van der Waals surface area contributed by atoms with Gasteiger partial charge in [0.25, 0.3) is 5.91 Å². The van der Waals surface area contributed by atoms with Crippen molar-refractivity contribution in [2.24, 2.45) is 0 Å². The van der Waals surface area contributed by atoms with Crippen LogP contribution in [0.5, 0.6) is 0 Å². The van der Waals surface area contributed by atoms with Crippen LogP contribution in [0.2, 0.25) is 0 Å². The smallest absolute Gasteiger partial charge is 0.255 e. The predicted molar refractivity (Wildman–Crippen MR) is 171 cm³/mol. The van der Waals surface area contributed by atoms with Gasteiger partial charge >= 0.3 is 0 Å². The Bertz CT molecular complexity index is 1690. The lowest BCUT2D eigenvalue weighted by Gasteiger charge is -2.29. The molecular weight excluding hydrogens is 538 g/mol. The molecule has 0 saturated carbocycles. The van der Waals surface area contributed by atoms with Crippen LogP contribution >= 0.6 is 0 Å². The molecule has 222 valence electrons. The van der Waals surface area contributed by atoms with Crippen LogP contribution in [0.25, 0.3) is 21.9 Å². The van der Waals surface area contributed by atoms with Gasteiger partial charge in [0, 0.05) is 64.0 Å². The Morgan fingerprint density at radius 1 is 0.953 bits per heavy atom. The molecular formula is C35H39N5O3. The van der Waals surface area contributed by atoms with E-state index in [0.717, 1.165) is 66.1 Å². The first-order chi connectivity index (χ1) is 21.0. The largest absolute Gasteiger partial charge is 0.383 e. The van der Waals surface area contributed by atoms with Gasteiger partial charge in [-0.3, -0.25) is 4.79 Å². The third-order valence-electron chi connectivity index (χ3n) is 8.32. The van der Waals surface area contributed by atoms with Gasteiger partial charge in [0.15, 0.2) is 0 Å². The fraction of sp³-hybridized carbons (Fsp3) is 0.314. The summed E-state index contributed by atoms with van der Waals surface area (Å²) in [5.41, 5.74) is 7.20. The van der Waals surface area contributed by atoms with Gasteiger partial charge in [0.1, 0.15) is 0 Å². The molecule has 0 unspecified atom stereocenters. The number of fused-ring (bicyclic) bond motifs is 1. The van der Waals surface area contributed by atoms with Crippen LogP contribution in [-0.4, -0.2) is 78.5 Å². The number of amides is 1. The number of imidazole rings is 1. The second-order valence-electron chi connectivity index (χ2n) is 11.2. The van der Waals surface area contributed by atoms with Gasteiger partial charge in [-0.1, -0.05) is 54.6 Å². The highest BCUT2D eigenvalue weighted by Crippen LogP contribution is 2.33. The van der Waals surface area contributed by atoms with E-state index in [1.807, 2.05) is 38.6 Å². The van der Waals surface area contributed by atoms with Gasteiger partial charge in [0.2, 0.25) is 0 Å². The fourth-order valence-electron chi connectivity index (χ4n) is 5.83. The second-order valence-corrected chi connectivity index (χ2v) is 11.2. The van der Waals surface area contributed by atoms with Gasteiger partial charge in [-0.25, -0.2) is 4.98 Å². The highest BCUT2D eigenvalue weighted by atomic mass is 16.5. The van der Waals surface area contributed by atoms with Crippen LogP contribution in [0, 0.1) is 6.92 Å². The van der Waals surface area contributed by atoms with Crippen molar-refractivity contribution in [1.82, 2.24) is 19.0 Å². The highest BCUT2D eigenvalue weighted by Gasteiger charge is 2.22. The number of nitrogens with zero attached hydrogens (tertiary/aromatic N) is 5. The third-order valence-corrected chi connectivity index (χ3v) is 8.32. The molecule has 43 heavy (non-hydrogen) atoms. The maximum absolute atomic E-state index is 13.7. The zero-order valence-corrected chi connectivity index (χ0v) is 25.2. The number of morpholine rings is 1. The van der Waals surface area contributed by atoms with E-state index in [4.69, 9.17) is 9.47 Å². The Labute approximate surface area is 253 Å². The van der Waals surface area contributed by atoms with E-state index in [2.05, 4.69) is 79.8 Å². The lowest BCUT2D eigenvalue weighted by atomic mass is 9.97. The number of carbonyl (C=O) groups is 1. The minimum Gasteiger partial charge on any atom is -0.383 e. The molecule has 0 N–H and O–H groups in total. The molecule has 1 aliphatic heterocycles. The van der Waals surface area contributed by atoms with E-state index >= 15 is 0 Å². The number of ether oxygens (including phenoxy) is 2. The number of hydrogen-bond donors (Lipinski definition) is 0. The highest BCUT2D eigenvalue weighted by molar-refractivity contribution is 6.06. The number of anilines is 1. The van der Waals surface area contributed by atoms with Crippen LogP contribution in [0.3, 0.4) is 0 Å². The first-order valence-corrected chi connectivity index (χ1v) is 14.9. The molecule has 1 amide bonds. The van der Waals surface area contributed by atoms with Crippen LogP contribution < -0.4 is 4.90 Å².